The van der Waals surface area contributed by atoms with E-state index in [1.807, 2.05) is 12.4 Å². The Kier molecular flexibility index (Phi) is 3.38. The largest absolute Gasteiger partial charge is 0.334 e. The molecule has 19 heavy (non-hydrogen) atoms. The van der Waals surface area contributed by atoms with Gasteiger partial charge in [-0.2, -0.15) is 0 Å². The maximum absolute atomic E-state index is 6.42. The van der Waals surface area contributed by atoms with Gasteiger partial charge in [-0.05, 0) is 30.2 Å². The summed E-state index contributed by atoms with van der Waals surface area (Å²) in [7, 11) is 0. The van der Waals surface area contributed by atoms with E-state index < -0.39 is 0 Å². The average molecular weight is 255 g/mol. The van der Waals surface area contributed by atoms with Crippen LogP contribution in [0, 0.1) is 5.92 Å². The minimum Gasteiger partial charge on any atom is -0.334 e. The number of hydrogen-bond donors (Lipinski definition) is 1. The van der Waals surface area contributed by atoms with E-state index in [1.54, 1.807) is 0 Å². The van der Waals surface area contributed by atoms with Crippen LogP contribution in [0.15, 0.2) is 42.7 Å². The zero-order valence-electron chi connectivity index (χ0n) is 11.4. The zero-order valence-corrected chi connectivity index (χ0v) is 11.4. The van der Waals surface area contributed by atoms with E-state index in [0.717, 1.165) is 18.8 Å². The fourth-order valence-corrected chi connectivity index (χ4v) is 2.93. The number of benzene rings is 1. The fourth-order valence-electron chi connectivity index (χ4n) is 2.93. The molecule has 0 aliphatic heterocycles. The molecule has 1 heterocycles. The molecule has 3 nitrogen and oxygen atoms in total. The molecule has 0 radical (unpaired) electrons. The van der Waals surface area contributed by atoms with Crippen molar-refractivity contribution in [2.75, 3.05) is 0 Å². The van der Waals surface area contributed by atoms with Crippen LogP contribution in [0.4, 0.5) is 0 Å². The zero-order chi connectivity index (χ0) is 13.2. The lowest BCUT2D eigenvalue weighted by Crippen LogP contribution is -2.19. The van der Waals surface area contributed by atoms with Crippen molar-refractivity contribution in [1.82, 2.24) is 9.55 Å². The van der Waals surface area contributed by atoms with Gasteiger partial charge in [0, 0.05) is 18.9 Å². The first-order chi connectivity index (χ1) is 9.31. The highest BCUT2D eigenvalue weighted by Gasteiger charge is 2.44. The van der Waals surface area contributed by atoms with Gasteiger partial charge in [-0.15, -0.1) is 0 Å². The smallest absolute Gasteiger partial charge is 0.125 e. The van der Waals surface area contributed by atoms with Gasteiger partial charge >= 0.3 is 0 Å². The number of imidazole rings is 1. The first-order valence-corrected chi connectivity index (χ1v) is 7.12. The van der Waals surface area contributed by atoms with Gasteiger partial charge < -0.3 is 10.3 Å². The van der Waals surface area contributed by atoms with Gasteiger partial charge in [0.1, 0.15) is 5.82 Å². The number of rotatable bonds is 5. The van der Waals surface area contributed by atoms with Crippen LogP contribution in [0.3, 0.4) is 0 Å². The summed E-state index contributed by atoms with van der Waals surface area (Å²) in [6.45, 7) is 3.19. The van der Waals surface area contributed by atoms with Crippen molar-refractivity contribution in [3.8, 4) is 0 Å². The van der Waals surface area contributed by atoms with Gasteiger partial charge in [-0.3, -0.25) is 0 Å². The number of hydrogen-bond acceptors (Lipinski definition) is 2. The van der Waals surface area contributed by atoms with Crippen LogP contribution >= 0.6 is 0 Å². The molecule has 1 aromatic heterocycles. The molecule has 3 unspecified atom stereocenters. The van der Waals surface area contributed by atoms with E-state index in [1.165, 1.54) is 12.0 Å². The van der Waals surface area contributed by atoms with Crippen molar-refractivity contribution in [2.45, 2.75) is 38.3 Å². The monoisotopic (exact) mass is 255 g/mol. The topological polar surface area (TPSA) is 43.8 Å². The minimum atomic E-state index is 0.0618. The van der Waals surface area contributed by atoms with Gasteiger partial charge in [0.25, 0.3) is 0 Å². The van der Waals surface area contributed by atoms with Crippen molar-refractivity contribution in [3.63, 3.8) is 0 Å². The Labute approximate surface area is 114 Å². The first-order valence-electron chi connectivity index (χ1n) is 7.12. The highest BCUT2D eigenvalue weighted by molar-refractivity contribution is 5.27. The third-order valence-corrected chi connectivity index (χ3v) is 4.04. The van der Waals surface area contributed by atoms with Gasteiger partial charge in [0.05, 0.1) is 6.04 Å². The Morgan fingerprint density at radius 3 is 2.89 bits per heavy atom. The van der Waals surface area contributed by atoms with Gasteiger partial charge in [-0.1, -0.05) is 37.3 Å². The standard InChI is InChI=1S/C16H21N3/c1-2-9-19-10-8-18-16(19)15(17)14-11-13(14)12-6-4-3-5-7-12/h3-8,10,13-15H,2,9,11,17H2,1H3. The molecule has 1 aliphatic carbocycles. The Bertz CT molecular complexity index is 532. The number of aryl methyl sites for hydroxylation is 1. The summed E-state index contributed by atoms with van der Waals surface area (Å²) in [6.07, 6.45) is 6.20. The molecule has 3 rings (SSSR count). The van der Waals surface area contributed by atoms with E-state index >= 15 is 0 Å². The number of aromatic nitrogens is 2. The molecule has 1 aliphatic rings. The molecule has 1 aromatic carbocycles. The summed E-state index contributed by atoms with van der Waals surface area (Å²) in [6, 6.07) is 10.7. The summed E-state index contributed by atoms with van der Waals surface area (Å²) >= 11 is 0. The molecular formula is C16H21N3. The van der Waals surface area contributed by atoms with E-state index in [9.17, 15) is 0 Å². The van der Waals surface area contributed by atoms with Gasteiger partial charge in [-0.25, -0.2) is 4.98 Å². The van der Waals surface area contributed by atoms with E-state index in [-0.39, 0.29) is 6.04 Å². The van der Waals surface area contributed by atoms with Crippen LogP contribution in [0.5, 0.6) is 0 Å². The van der Waals surface area contributed by atoms with Crippen LogP contribution in [0.25, 0.3) is 0 Å². The second-order valence-electron chi connectivity index (χ2n) is 5.42. The summed E-state index contributed by atoms with van der Waals surface area (Å²) in [4.78, 5) is 4.46. The Balaban J connectivity index is 1.72. The van der Waals surface area contributed by atoms with Gasteiger partial charge in [0.15, 0.2) is 0 Å². The molecule has 2 N–H and O–H groups in total. The predicted molar refractivity (Wildman–Crippen MR) is 76.7 cm³/mol. The Morgan fingerprint density at radius 2 is 2.16 bits per heavy atom. The van der Waals surface area contributed by atoms with Crippen molar-refractivity contribution < 1.29 is 0 Å². The molecule has 100 valence electrons. The maximum Gasteiger partial charge on any atom is 0.125 e. The number of nitrogens with two attached hydrogens (primary N) is 1. The summed E-state index contributed by atoms with van der Waals surface area (Å²) in [5.74, 6) is 2.20. The highest BCUT2D eigenvalue weighted by Crippen LogP contribution is 2.52. The molecular weight excluding hydrogens is 234 g/mol. The maximum atomic E-state index is 6.42. The molecule has 0 spiro atoms. The van der Waals surface area contributed by atoms with E-state index in [0.29, 0.717) is 11.8 Å². The van der Waals surface area contributed by atoms with Crippen molar-refractivity contribution >= 4 is 0 Å². The van der Waals surface area contributed by atoms with Crippen LogP contribution in [0.2, 0.25) is 0 Å². The first kappa shape index (κ1) is 12.4. The lowest BCUT2D eigenvalue weighted by molar-refractivity contribution is 0.527. The minimum absolute atomic E-state index is 0.0618. The van der Waals surface area contributed by atoms with E-state index in [4.69, 9.17) is 5.73 Å². The normalized spacial score (nSPS) is 23.3. The predicted octanol–water partition coefficient (Wildman–Crippen LogP) is 3.10. The van der Waals surface area contributed by atoms with Crippen LogP contribution in [-0.2, 0) is 6.54 Å². The molecule has 3 atom stereocenters. The van der Waals surface area contributed by atoms with Crippen molar-refractivity contribution in [2.24, 2.45) is 11.7 Å². The van der Waals surface area contributed by atoms with Crippen LogP contribution in [-0.4, -0.2) is 9.55 Å². The molecule has 3 heteroatoms. The Morgan fingerprint density at radius 1 is 1.37 bits per heavy atom. The molecule has 1 fully saturated rings. The Hall–Kier alpha value is -1.61. The number of nitrogens with zero attached hydrogens (tertiary/aromatic N) is 2. The fraction of sp³-hybridized carbons (Fsp3) is 0.438. The second-order valence-corrected chi connectivity index (χ2v) is 5.42. The lowest BCUT2D eigenvalue weighted by atomic mass is 10.1. The molecule has 2 aromatic rings. The third kappa shape index (κ3) is 2.43. The quantitative estimate of drug-likeness (QED) is 0.892. The van der Waals surface area contributed by atoms with Crippen LogP contribution in [0.1, 0.15) is 43.1 Å². The highest BCUT2D eigenvalue weighted by atomic mass is 15.1. The average Bonchev–Trinajstić information content (AvgIpc) is 3.12. The van der Waals surface area contributed by atoms with Crippen molar-refractivity contribution in [3.05, 3.63) is 54.1 Å². The molecule has 0 amide bonds. The summed E-state index contributed by atoms with van der Waals surface area (Å²) in [5.41, 5.74) is 7.83. The van der Waals surface area contributed by atoms with Crippen LogP contribution < -0.4 is 5.73 Å². The lowest BCUT2D eigenvalue weighted by Gasteiger charge is -2.13. The third-order valence-electron chi connectivity index (χ3n) is 4.04. The molecule has 1 saturated carbocycles. The molecule has 0 bridgehead atoms. The summed E-state index contributed by atoms with van der Waals surface area (Å²) < 4.78 is 2.20. The second kappa shape index (κ2) is 5.17. The molecule has 0 saturated heterocycles. The van der Waals surface area contributed by atoms with Gasteiger partial charge in [0.2, 0.25) is 0 Å². The SMILES string of the molecule is CCCn1ccnc1C(N)C1CC1c1ccccc1. The summed E-state index contributed by atoms with van der Waals surface area (Å²) in [5, 5.41) is 0. The van der Waals surface area contributed by atoms with Crippen molar-refractivity contribution in [1.29, 1.82) is 0 Å². The van der Waals surface area contributed by atoms with E-state index in [2.05, 4.69) is 46.8 Å².